The molecule has 2 heterocycles. The molecule has 4 nitrogen and oxygen atoms in total. The zero-order chi connectivity index (χ0) is 12.3. The Bertz CT molecular complexity index is 264. The summed E-state index contributed by atoms with van der Waals surface area (Å²) in [6.07, 6.45) is 5.13. The third-order valence-corrected chi connectivity index (χ3v) is 3.99. The Hall–Kier alpha value is -0.610. The van der Waals surface area contributed by atoms with Crippen LogP contribution in [0, 0.1) is 5.92 Å². The Labute approximate surface area is 103 Å². The van der Waals surface area contributed by atoms with Crippen molar-refractivity contribution >= 4 is 5.91 Å². The van der Waals surface area contributed by atoms with Gasteiger partial charge in [-0.05, 0) is 45.1 Å². The Kier molecular flexibility index (Phi) is 4.40. The first kappa shape index (κ1) is 12.8. The lowest BCUT2D eigenvalue weighted by Crippen LogP contribution is -2.37. The number of nitrogens with zero attached hydrogens (tertiary/aromatic N) is 1. The third kappa shape index (κ3) is 3.19. The van der Waals surface area contributed by atoms with E-state index in [4.69, 9.17) is 10.5 Å². The number of amides is 1. The number of carbonyl (C=O) groups is 1. The van der Waals surface area contributed by atoms with Gasteiger partial charge in [-0.1, -0.05) is 0 Å². The van der Waals surface area contributed by atoms with Gasteiger partial charge >= 0.3 is 0 Å². The summed E-state index contributed by atoms with van der Waals surface area (Å²) < 4.78 is 5.62. The molecular weight excluding hydrogens is 216 g/mol. The van der Waals surface area contributed by atoms with Crippen molar-refractivity contribution in [2.24, 2.45) is 11.7 Å². The largest absolute Gasteiger partial charge is 0.378 e. The van der Waals surface area contributed by atoms with Gasteiger partial charge in [-0.3, -0.25) is 4.79 Å². The maximum atomic E-state index is 12.2. The summed E-state index contributed by atoms with van der Waals surface area (Å²) in [5.74, 6) is 0.738. The summed E-state index contributed by atoms with van der Waals surface area (Å²) in [5.41, 5.74) is 5.68. The molecule has 3 atom stereocenters. The van der Waals surface area contributed by atoms with E-state index in [9.17, 15) is 4.79 Å². The number of ether oxygens (including phenoxy) is 1. The second kappa shape index (κ2) is 5.83. The van der Waals surface area contributed by atoms with E-state index in [1.54, 1.807) is 0 Å². The van der Waals surface area contributed by atoms with Crippen molar-refractivity contribution in [3.63, 3.8) is 0 Å². The number of nitrogens with two attached hydrogens (primary N) is 1. The fraction of sp³-hybridized carbons (Fsp3) is 0.923. The molecule has 2 saturated heterocycles. The van der Waals surface area contributed by atoms with Gasteiger partial charge in [0.2, 0.25) is 5.91 Å². The van der Waals surface area contributed by atoms with Crippen molar-refractivity contribution in [3.8, 4) is 0 Å². The van der Waals surface area contributed by atoms with Gasteiger partial charge in [0.25, 0.3) is 0 Å². The summed E-state index contributed by atoms with van der Waals surface area (Å²) in [4.78, 5) is 14.2. The maximum Gasteiger partial charge on any atom is 0.225 e. The highest BCUT2D eigenvalue weighted by Crippen LogP contribution is 2.24. The van der Waals surface area contributed by atoms with E-state index >= 15 is 0 Å². The average Bonchev–Trinajstić information content (AvgIpc) is 2.72. The monoisotopic (exact) mass is 240 g/mol. The van der Waals surface area contributed by atoms with Crippen molar-refractivity contribution in [3.05, 3.63) is 0 Å². The summed E-state index contributed by atoms with van der Waals surface area (Å²) in [6.45, 7) is 4.46. The first-order chi connectivity index (χ1) is 8.20. The number of likely N-dealkylation sites (tertiary alicyclic amines) is 1. The molecule has 0 radical (unpaired) electrons. The molecule has 1 amide bonds. The van der Waals surface area contributed by atoms with Gasteiger partial charge < -0.3 is 15.4 Å². The van der Waals surface area contributed by atoms with Crippen LogP contribution in [0.4, 0.5) is 0 Å². The minimum absolute atomic E-state index is 0.153. The van der Waals surface area contributed by atoms with E-state index in [-0.39, 0.29) is 12.0 Å². The molecule has 0 saturated carbocycles. The van der Waals surface area contributed by atoms with Crippen molar-refractivity contribution in [1.82, 2.24) is 4.90 Å². The summed E-state index contributed by atoms with van der Waals surface area (Å²) in [7, 11) is 0. The Balaban J connectivity index is 1.82. The van der Waals surface area contributed by atoms with E-state index in [0.29, 0.717) is 24.9 Å². The van der Waals surface area contributed by atoms with Gasteiger partial charge in [0.1, 0.15) is 0 Å². The number of carbonyl (C=O) groups excluding carboxylic acids is 1. The Morgan fingerprint density at radius 3 is 2.88 bits per heavy atom. The minimum Gasteiger partial charge on any atom is -0.378 e. The van der Waals surface area contributed by atoms with Crippen LogP contribution in [0.3, 0.4) is 0 Å². The topological polar surface area (TPSA) is 55.6 Å². The average molecular weight is 240 g/mol. The molecular formula is C13H24N2O2. The molecule has 0 bridgehead atoms. The van der Waals surface area contributed by atoms with Crippen LogP contribution in [0.2, 0.25) is 0 Å². The van der Waals surface area contributed by atoms with Crippen molar-refractivity contribution < 1.29 is 9.53 Å². The quantitative estimate of drug-likeness (QED) is 0.805. The first-order valence-corrected chi connectivity index (χ1v) is 6.82. The van der Waals surface area contributed by atoms with Crippen LogP contribution in [-0.2, 0) is 9.53 Å². The normalized spacial score (nSPS) is 34.0. The van der Waals surface area contributed by atoms with Gasteiger partial charge in [-0.15, -0.1) is 0 Å². The molecule has 2 N–H and O–H groups in total. The summed E-state index contributed by atoms with van der Waals surface area (Å²) >= 11 is 0. The molecule has 2 aliphatic heterocycles. The molecule has 2 rings (SSSR count). The van der Waals surface area contributed by atoms with E-state index in [1.807, 2.05) is 4.90 Å². The molecule has 0 aromatic carbocycles. The third-order valence-electron chi connectivity index (χ3n) is 3.99. The molecule has 3 unspecified atom stereocenters. The molecule has 2 fully saturated rings. The Morgan fingerprint density at radius 1 is 1.47 bits per heavy atom. The van der Waals surface area contributed by atoms with E-state index < -0.39 is 0 Å². The van der Waals surface area contributed by atoms with Crippen molar-refractivity contribution in [2.45, 2.75) is 51.2 Å². The van der Waals surface area contributed by atoms with Crippen LogP contribution in [0.1, 0.15) is 39.0 Å². The fourth-order valence-corrected chi connectivity index (χ4v) is 2.94. The lowest BCUT2D eigenvalue weighted by molar-refractivity contribution is -0.135. The fourth-order valence-electron chi connectivity index (χ4n) is 2.94. The Morgan fingerprint density at radius 2 is 2.29 bits per heavy atom. The van der Waals surface area contributed by atoms with Crippen LogP contribution in [0.25, 0.3) is 0 Å². The van der Waals surface area contributed by atoms with Crippen LogP contribution >= 0.6 is 0 Å². The van der Waals surface area contributed by atoms with Gasteiger partial charge in [-0.25, -0.2) is 0 Å². The van der Waals surface area contributed by atoms with Crippen LogP contribution in [0.5, 0.6) is 0 Å². The zero-order valence-electron chi connectivity index (χ0n) is 10.7. The van der Waals surface area contributed by atoms with Gasteiger partial charge in [-0.2, -0.15) is 0 Å². The lowest BCUT2D eigenvalue weighted by Gasteiger charge is -2.26. The second-order valence-corrected chi connectivity index (χ2v) is 5.43. The van der Waals surface area contributed by atoms with E-state index in [1.165, 1.54) is 6.42 Å². The van der Waals surface area contributed by atoms with Gasteiger partial charge in [0.15, 0.2) is 0 Å². The number of hydrogen-bond acceptors (Lipinski definition) is 3. The lowest BCUT2D eigenvalue weighted by atomic mass is 10.1. The smallest absolute Gasteiger partial charge is 0.225 e. The van der Waals surface area contributed by atoms with Crippen molar-refractivity contribution in [2.75, 3.05) is 19.7 Å². The predicted molar refractivity (Wildman–Crippen MR) is 66.5 cm³/mol. The number of hydrogen-bond donors (Lipinski definition) is 1. The van der Waals surface area contributed by atoms with Crippen molar-refractivity contribution in [1.29, 1.82) is 0 Å². The molecule has 98 valence electrons. The van der Waals surface area contributed by atoms with Crippen LogP contribution in [0.15, 0.2) is 0 Å². The highest BCUT2D eigenvalue weighted by Gasteiger charge is 2.32. The van der Waals surface area contributed by atoms with Crippen LogP contribution in [-0.4, -0.2) is 42.6 Å². The standard InChI is InChI=1S/C13H24N2O2/c1-10-6-11(8-14)9-15(10)13(16)7-12-4-2-3-5-17-12/h10-12H,2-9,14H2,1H3. The van der Waals surface area contributed by atoms with E-state index in [2.05, 4.69) is 6.92 Å². The molecule has 17 heavy (non-hydrogen) atoms. The maximum absolute atomic E-state index is 12.2. The highest BCUT2D eigenvalue weighted by molar-refractivity contribution is 5.77. The summed E-state index contributed by atoms with van der Waals surface area (Å²) in [5, 5.41) is 0. The van der Waals surface area contributed by atoms with E-state index in [0.717, 1.165) is 32.4 Å². The molecule has 2 aliphatic rings. The molecule has 0 spiro atoms. The highest BCUT2D eigenvalue weighted by atomic mass is 16.5. The molecule has 0 aromatic rings. The molecule has 0 aromatic heterocycles. The van der Waals surface area contributed by atoms with Gasteiger partial charge in [0.05, 0.1) is 12.5 Å². The van der Waals surface area contributed by atoms with Crippen LogP contribution < -0.4 is 5.73 Å². The van der Waals surface area contributed by atoms with Gasteiger partial charge in [0, 0.05) is 19.2 Å². The number of rotatable bonds is 3. The minimum atomic E-state index is 0.153. The predicted octanol–water partition coefficient (Wildman–Crippen LogP) is 1.14. The summed E-state index contributed by atoms with van der Waals surface area (Å²) in [6, 6.07) is 0.347. The molecule has 0 aliphatic carbocycles. The zero-order valence-corrected chi connectivity index (χ0v) is 10.7. The molecule has 4 heteroatoms. The second-order valence-electron chi connectivity index (χ2n) is 5.43. The SMILES string of the molecule is CC1CC(CN)CN1C(=O)CC1CCCCO1. The first-order valence-electron chi connectivity index (χ1n) is 6.82.